The molecule has 1 amide bonds. The summed E-state index contributed by atoms with van der Waals surface area (Å²) in [4.78, 5) is 18.0. The first-order chi connectivity index (χ1) is 16.9. The standard InChI is InChI=1S/C28H27N3O4/c1-17-10-11-18(2)21(12-17)24-15-22(20-8-6-7-9-23(20)30-24)28(32)31-29-16-19-13-25(33-3)27(35-5)26(14-19)34-4/h6-16H,1-5H3,(H,31,32)/b29-16-. The zero-order valence-electron chi connectivity index (χ0n) is 20.4. The third-order valence-corrected chi connectivity index (χ3v) is 5.70. The third-order valence-electron chi connectivity index (χ3n) is 5.70. The molecule has 4 aromatic rings. The van der Waals surface area contributed by atoms with E-state index in [2.05, 4.69) is 28.7 Å². The van der Waals surface area contributed by atoms with Crippen LogP contribution in [0.2, 0.25) is 0 Å². The Morgan fingerprint density at radius 2 is 1.63 bits per heavy atom. The van der Waals surface area contributed by atoms with Crippen LogP contribution in [0.25, 0.3) is 22.2 Å². The molecule has 0 bridgehead atoms. The average molecular weight is 470 g/mol. The summed E-state index contributed by atoms with van der Waals surface area (Å²) in [7, 11) is 4.63. The highest BCUT2D eigenvalue weighted by Crippen LogP contribution is 2.37. The number of carbonyl (C=O) groups excluding carboxylic acids is 1. The monoisotopic (exact) mass is 469 g/mol. The van der Waals surface area contributed by atoms with E-state index in [4.69, 9.17) is 19.2 Å². The normalized spacial score (nSPS) is 11.0. The van der Waals surface area contributed by atoms with Crippen molar-refractivity contribution in [2.24, 2.45) is 5.10 Å². The van der Waals surface area contributed by atoms with Crippen LogP contribution in [-0.4, -0.2) is 38.4 Å². The first-order valence-corrected chi connectivity index (χ1v) is 11.1. The molecule has 0 aliphatic heterocycles. The van der Waals surface area contributed by atoms with Crippen LogP contribution in [0.15, 0.2) is 65.8 Å². The van der Waals surface area contributed by atoms with Gasteiger partial charge in [-0.1, -0.05) is 35.9 Å². The summed E-state index contributed by atoms with van der Waals surface area (Å²) < 4.78 is 16.1. The number of benzene rings is 3. The Balaban J connectivity index is 1.68. The van der Waals surface area contributed by atoms with Crippen LogP contribution in [0.3, 0.4) is 0 Å². The van der Waals surface area contributed by atoms with Crippen LogP contribution in [0.1, 0.15) is 27.0 Å². The minimum Gasteiger partial charge on any atom is -0.493 e. The molecule has 4 rings (SSSR count). The molecule has 0 spiro atoms. The van der Waals surface area contributed by atoms with Crippen molar-refractivity contribution < 1.29 is 19.0 Å². The van der Waals surface area contributed by atoms with Gasteiger partial charge in [0.2, 0.25) is 5.75 Å². The molecule has 0 fully saturated rings. The maximum atomic E-state index is 13.2. The average Bonchev–Trinajstić information content (AvgIpc) is 2.88. The van der Waals surface area contributed by atoms with Gasteiger partial charge in [-0.2, -0.15) is 5.10 Å². The summed E-state index contributed by atoms with van der Waals surface area (Å²) in [6.45, 7) is 4.07. The number of methoxy groups -OCH3 is 3. The number of hydrogen-bond donors (Lipinski definition) is 1. The molecule has 3 aromatic carbocycles. The molecular weight excluding hydrogens is 442 g/mol. The molecule has 0 aliphatic carbocycles. The Labute approximate surface area is 204 Å². The summed E-state index contributed by atoms with van der Waals surface area (Å²) in [5.41, 5.74) is 8.49. The van der Waals surface area contributed by atoms with E-state index >= 15 is 0 Å². The van der Waals surface area contributed by atoms with Gasteiger partial charge in [0.15, 0.2) is 11.5 Å². The molecule has 0 saturated heterocycles. The number of fused-ring (bicyclic) bond motifs is 1. The molecule has 7 nitrogen and oxygen atoms in total. The van der Waals surface area contributed by atoms with E-state index in [1.54, 1.807) is 33.5 Å². The van der Waals surface area contributed by atoms with E-state index in [-0.39, 0.29) is 5.91 Å². The quantitative estimate of drug-likeness (QED) is 0.293. The number of hydrazone groups is 1. The number of amides is 1. The smallest absolute Gasteiger partial charge is 0.272 e. The Hall–Kier alpha value is -4.39. The molecule has 178 valence electrons. The molecule has 0 aliphatic rings. The Kier molecular flexibility index (Phi) is 6.96. The maximum absolute atomic E-state index is 13.2. The molecule has 0 unspecified atom stereocenters. The Bertz CT molecular complexity index is 1400. The SMILES string of the molecule is COc1cc(/C=N\NC(=O)c2cc(-c3cc(C)ccc3C)nc3ccccc23)cc(OC)c1OC. The van der Waals surface area contributed by atoms with Crippen molar-refractivity contribution in [2.45, 2.75) is 13.8 Å². The van der Waals surface area contributed by atoms with Crippen molar-refractivity contribution in [1.29, 1.82) is 0 Å². The van der Waals surface area contributed by atoms with Gasteiger partial charge in [-0.15, -0.1) is 0 Å². The van der Waals surface area contributed by atoms with Gasteiger partial charge in [0.05, 0.1) is 44.3 Å². The van der Waals surface area contributed by atoms with Crippen LogP contribution in [-0.2, 0) is 0 Å². The second-order valence-electron chi connectivity index (χ2n) is 8.05. The van der Waals surface area contributed by atoms with Crippen molar-refractivity contribution in [2.75, 3.05) is 21.3 Å². The maximum Gasteiger partial charge on any atom is 0.272 e. The fourth-order valence-corrected chi connectivity index (χ4v) is 3.91. The second kappa shape index (κ2) is 10.3. The molecular formula is C28H27N3O4. The van der Waals surface area contributed by atoms with Crippen molar-refractivity contribution in [3.05, 3.63) is 82.9 Å². The zero-order valence-corrected chi connectivity index (χ0v) is 20.4. The van der Waals surface area contributed by atoms with Crippen molar-refractivity contribution in [1.82, 2.24) is 10.4 Å². The molecule has 7 heteroatoms. The summed E-state index contributed by atoms with van der Waals surface area (Å²) >= 11 is 0. The van der Waals surface area contributed by atoms with Crippen LogP contribution in [0.5, 0.6) is 17.2 Å². The molecule has 35 heavy (non-hydrogen) atoms. The van der Waals surface area contributed by atoms with Crippen molar-refractivity contribution >= 4 is 23.0 Å². The predicted molar refractivity (Wildman–Crippen MR) is 138 cm³/mol. The molecule has 1 heterocycles. The number of para-hydroxylation sites is 1. The highest BCUT2D eigenvalue weighted by molar-refractivity contribution is 6.07. The van der Waals surface area contributed by atoms with E-state index in [1.165, 1.54) is 6.21 Å². The molecule has 1 aromatic heterocycles. The van der Waals surface area contributed by atoms with Crippen LogP contribution < -0.4 is 19.6 Å². The highest BCUT2D eigenvalue weighted by Gasteiger charge is 2.15. The first-order valence-electron chi connectivity index (χ1n) is 11.1. The molecule has 0 radical (unpaired) electrons. The molecule has 1 N–H and O–H groups in total. The molecule has 0 atom stereocenters. The second-order valence-corrected chi connectivity index (χ2v) is 8.05. The van der Waals surface area contributed by atoms with Gasteiger partial charge in [-0.3, -0.25) is 4.79 Å². The van der Waals surface area contributed by atoms with Crippen LogP contribution in [0, 0.1) is 13.8 Å². The number of aromatic nitrogens is 1. The van der Waals surface area contributed by atoms with Gasteiger partial charge >= 0.3 is 0 Å². The van der Waals surface area contributed by atoms with E-state index in [9.17, 15) is 4.79 Å². The number of nitrogens with one attached hydrogen (secondary N) is 1. The lowest BCUT2D eigenvalue weighted by molar-refractivity contribution is 0.0956. The lowest BCUT2D eigenvalue weighted by Gasteiger charge is -2.13. The van der Waals surface area contributed by atoms with E-state index in [0.29, 0.717) is 28.4 Å². The fourth-order valence-electron chi connectivity index (χ4n) is 3.91. The molecule has 0 saturated carbocycles. The Morgan fingerprint density at radius 3 is 2.31 bits per heavy atom. The van der Waals surface area contributed by atoms with Crippen molar-refractivity contribution in [3.8, 4) is 28.5 Å². The van der Waals surface area contributed by atoms with E-state index in [0.717, 1.165) is 33.3 Å². The van der Waals surface area contributed by atoms with Gasteiger partial charge in [0.25, 0.3) is 5.91 Å². The largest absolute Gasteiger partial charge is 0.493 e. The third kappa shape index (κ3) is 4.94. The van der Waals surface area contributed by atoms with Gasteiger partial charge in [0.1, 0.15) is 0 Å². The number of ether oxygens (including phenoxy) is 3. The lowest BCUT2D eigenvalue weighted by Crippen LogP contribution is -2.18. The summed E-state index contributed by atoms with van der Waals surface area (Å²) in [5, 5.41) is 4.92. The van der Waals surface area contributed by atoms with Gasteiger partial charge in [-0.05, 0) is 49.7 Å². The number of hydrogen-bond acceptors (Lipinski definition) is 6. The Morgan fingerprint density at radius 1 is 0.914 bits per heavy atom. The van der Waals surface area contributed by atoms with E-state index < -0.39 is 0 Å². The number of nitrogens with zero attached hydrogens (tertiary/aromatic N) is 2. The number of pyridine rings is 1. The minimum atomic E-state index is -0.334. The van der Waals surface area contributed by atoms with Crippen LogP contribution >= 0.6 is 0 Å². The van der Waals surface area contributed by atoms with Gasteiger partial charge in [-0.25, -0.2) is 10.4 Å². The number of carbonyl (C=O) groups is 1. The van der Waals surface area contributed by atoms with Crippen LogP contribution in [0.4, 0.5) is 0 Å². The van der Waals surface area contributed by atoms with Crippen molar-refractivity contribution in [3.63, 3.8) is 0 Å². The summed E-state index contributed by atoms with van der Waals surface area (Å²) in [6.07, 6.45) is 1.53. The summed E-state index contributed by atoms with van der Waals surface area (Å²) in [6, 6.07) is 19.1. The van der Waals surface area contributed by atoms with E-state index in [1.807, 2.05) is 44.2 Å². The summed E-state index contributed by atoms with van der Waals surface area (Å²) in [5.74, 6) is 1.15. The topological polar surface area (TPSA) is 82.0 Å². The predicted octanol–water partition coefficient (Wildman–Crippen LogP) is 5.31. The van der Waals surface area contributed by atoms with Gasteiger partial charge in [0, 0.05) is 16.5 Å². The number of aryl methyl sites for hydroxylation is 2. The van der Waals surface area contributed by atoms with Gasteiger partial charge < -0.3 is 14.2 Å². The fraction of sp³-hybridized carbons (Fsp3) is 0.179. The minimum absolute atomic E-state index is 0.334. The lowest BCUT2D eigenvalue weighted by atomic mass is 9.99. The highest BCUT2D eigenvalue weighted by atomic mass is 16.5. The first kappa shape index (κ1) is 23.8. The zero-order chi connectivity index (χ0) is 24.9. The number of rotatable bonds is 7.